The van der Waals surface area contributed by atoms with E-state index in [0.29, 0.717) is 17.6 Å². The van der Waals surface area contributed by atoms with Crippen molar-refractivity contribution in [2.24, 2.45) is 0 Å². The summed E-state index contributed by atoms with van der Waals surface area (Å²) < 4.78 is 26.9. The van der Waals surface area contributed by atoms with Crippen molar-refractivity contribution >= 4 is 10.0 Å². The van der Waals surface area contributed by atoms with E-state index in [0.717, 1.165) is 25.7 Å². The third kappa shape index (κ3) is 2.69. The van der Waals surface area contributed by atoms with Gasteiger partial charge in [0.25, 0.3) is 0 Å². The zero-order valence-corrected chi connectivity index (χ0v) is 12.8. The van der Waals surface area contributed by atoms with Gasteiger partial charge in [-0.3, -0.25) is 0 Å². The first kappa shape index (κ1) is 14.5. The van der Waals surface area contributed by atoms with Gasteiger partial charge in [0.2, 0.25) is 10.0 Å². The lowest BCUT2D eigenvalue weighted by molar-refractivity contribution is 0.251. The molecule has 2 unspecified atom stereocenters. The summed E-state index contributed by atoms with van der Waals surface area (Å²) in [4.78, 5) is 0.259. The summed E-state index contributed by atoms with van der Waals surface area (Å²) >= 11 is 0. The zero-order valence-electron chi connectivity index (χ0n) is 12.0. The minimum Gasteiger partial charge on any atom is -0.311 e. The Morgan fingerprint density at radius 1 is 1.19 bits per heavy atom. The fraction of sp³-hybridized carbons (Fsp3) is 0.533. The van der Waals surface area contributed by atoms with Crippen LogP contribution < -0.4 is 5.32 Å². The predicted octanol–water partition coefficient (Wildman–Crippen LogP) is 1.46. The van der Waals surface area contributed by atoms with Gasteiger partial charge in [-0.2, -0.15) is 9.57 Å². The van der Waals surface area contributed by atoms with Gasteiger partial charge in [-0.25, -0.2) is 8.42 Å². The van der Waals surface area contributed by atoms with Crippen molar-refractivity contribution in [2.75, 3.05) is 7.05 Å². The van der Waals surface area contributed by atoms with Crippen molar-refractivity contribution < 1.29 is 8.42 Å². The summed E-state index contributed by atoms with van der Waals surface area (Å²) in [5.74, 6) is 0. The molecule has 3 rings (SSSR count). The molecule has 2 atom stereocenters. The molecule has 0 amide bonds. The van der Waals surface area contributed by atoms with Crippen LogP contribution in [-0.2, 0) is 10.0 Å². The first-order chi connectivity index (χ1) is 10.0. The van der Waals surface area contributed by atoms with E-state index in [4.69, 9.17) is 5.26 Å². The van der Waals surface area contributed by atoms with Crippen LogP contribution in [-0.4, -0.2) is 37.9 Å². The van der Waals surface area contributed by atoms with Crippen molar-refractivity contribution in [1.29, 1.82) is 5.26 Å². The van der Waals surface area contributed by atoms with Crippen LogP contribution in [0.4, 0.5) is 0 Å². The van der Waals surface area contributed by atoms with Crippen molar-refractivity contribution in [3.8, 4) is 6.07 Å². The molecule has 6 heteroatoms. The molecule has 0 spiro atoms. The number of fused-ring (bicyclic) bond motifs is 2. The van der Waals surface area contributed by atoms with Crippen LogP contribution >= 0.6 is 0 Å². The van der Waals surface area contributed by atoms with Gasteiger partial charge >= 0.3 is 0 Å². The van der Waals surface area contributed by atoms with E-state index in [-0.39, 0.29) is 10.9 Å². The number of nitrogens with zero attached hydrogens (tertiary/aromatic N) is 2. The summed E-state index contributed by atoms with van der Waals surface area (Å²) in [6.45, 7) is 0. The number of hydrogen-bond acceptors (Lipinski definition) is 4. The van der Waals surface area contributed by atoms with Crippen molar-refractivity contribution in [3.63, 3.8) is 0 Å². The number of benzene rings is 1. The molecular formula is C15H19N3O2S. The minimum atomic E-state index is -3.49. The maximum absolute atomic E-state index is 12.7. The quantitative estimate of drug-likeness (QED) is 0.917. The molecule has 2 heterocycles. The third-order valence-electron chi connectivity index (χ3n) is 4.62. The van der Waals surface area contributed by atoms with Crippen LogP contribution in [0.2, 0.25) is 0 Å². The summed E-state index contributed by atoms with van der Waals surface area (Å²) in [6.07, 6.45) is 4.04. The monoisotopic (exact) mass is 305 g/mol. The number of piperidine rings is 1. The molecule has 2 fully saturated rings. The third-order valence-corrected chi connectivity index (χ3v) is 6.55. The molecule has 2 aliphatic rings. The number of nitrogens with one attached hydrogen (secondary N) is 1. The van der Waals surface area contributed by atoms with Gasteiger partial charge in [-0.15, -0.1) is 0 Å². The summed E-state index contributed by atoms with van der Waals surface area (Å²) in [7, 11) is -1.82. The maximum atomic E-state index is 12.7. The highest BCUT2D eigenvalue weighted by Gasteiger charge is 2.38. The Labute approximate surface area is 125 Å². The van der Waals surface area contributed by atoms with Crippen molar-refractivity contribution in [1.82, 2.24) is 9.62 Å². The molecule has 112 valence electrons. The topological polar surface area (TPSA) is 73.2 Å². The molecule has 2 bridgehead atoms. The highest BCUT2D eigenvalue weighted by Crippen LogP contribution is 2.31. The molecule has 0 aliphatic carbocycles. The molecular weight excluding hydrogens is 286 g/mol. The highest BCUT2D eigenvalue weighted by molar-refractivity contribution is 7.89. The largest absolute Gasteiger partial charge is 0.311 e. The number of rotatable bonds is 3. The average molecular weight is 305 g/mol. The van der Waals surface area contributed by atoms with Gasteiger partial charge < -0.3 is 5.32 Å². The fourth-order valence-electron chi connectivity index (χ4n) is 3.39. The Morgan fingerprint density at radius 3 is 2.29 bits per heavy atom. The second kappa shape index (κ2) is 5.41. The summed E-state index contributed by atoms with van der Waals surface area (Å²) in [5.41, 5.74) is 0.469. The smallest absolute Gasteiger partial charge is 0.243 e. The molecule has 1 aromatic carbocycles. The lowest BCUT2D eigenvalue weighted by Crippen LogP contribution is -2.48. The van der Waals surface area contributed by atoms with Crippen LogP contribution in [0.15, 0.2) is 29.2 Å². The van der Waals surface area contributed by atoms with Crippen LogP contribution in [0.1, 0.15) is 31.2 Å². The highest BCUT2D eigenvalue weighted by atomic mass is 32.2. The SMILES string of the molecule is CN(C1CC2CCC(C1)N2)S(=O)(=O)c1ccc(C#N)cc1. The first-order valence-corrected chi connectivity index (χ1v) is 8.69. The van der Waals surface area contributed by atoms with E-state index < -0.39 is 10.0 Å². The Hall–Kier alpha value is -1.42. The maximum Gasteiger partial charge on any atom is 0.243 e. The van der Waals surface area contributed by atoms with Crippen LogP contribution in [0, 0.1) is 11.3 Å². The number of sulfonamides is 1. The lowest BCUT2D eigenvalue weighted by atomic mass is 10.0. The number of nitriles is 1. The van der Waals surface area contributed by atoms with Crippen LogP contribution in [0.5, 0.6) is 0 Å². The Balaban J connectivity index is 1.82. The molecule has 2 saturated heterocycles. The Kier molecular flexibility index (Phi) is 3.74. The zero-order chi connectivity index (χ0) is 15.0. The van der Waals surface area contributed by atoms with Crippen molar-refractivity contribution in [3.05, 3.63) is 29.8 Å². The van der Waals surface area contributed by atoms with E-state index in [1.165, 1.54) is 16.4 Å². The fourth-order valence-corrected chi connectivity index (χ4v) is 4.77. The van der Waals surface area contributed by atoms with Gasteiger partial charge in [0, 0.05) is 25.2 Å². The molecule has 0 saturated carbocycles. The first-order valence-electron chi connectivity index (χ1n) is 7.25. The van der Waals surface area contributed by atoms with E-state index in [1.807, 2.05) is 6.07 Å². The van der Waals surface area contributed by atoms with Gasteiger partial charge in [-0.1, -0.05) is 0 Å². The number of hydrogen-bond donors (Lipinski definition) is 1. The van der Waals surface area contributed by atoms with Crippen molar-refractivity contribution in [2.45, 2.75) is 48.7 Å². The Bertz CT molecular complexity index is 651. The van der Waals surface area contributed by atoms with Crippen LogP contribution in [0.25, 0.3) is 0 Å². The second-order valence-electron chi connectivity index (χ2n) is 5.92. The van der Waals surface area contributed by atoms with Gasteiger partial charge in [-0.05, 0) is 49.9 Å². The molecule has 0 aromatic heterocycles. The Morgan fingerprint density at radius 2 is 1.76 bits per heavy atom. The molecule has 2 aliphatic heterocycles. The molecule has 1 aromatic rings. The molecule has 1 N–H and O–H groups in total. The van der Waals surface area contributed by atoms with Gasteiger partial charge in [0.1, 0.15) is 0 Å². The summed E-state index contributed by atoms with van der Waals surface area (Å²) in [6, 6.07) is 9.09. The van der Waals surface area contributed by atoms with E-state index in [2.05, 4.69) is 5.32 Å². The average Bonchev–Trinajstić information content (AvgIpc) is 2.84. The van der Waals surface area contributed by atoms with Gasteiger partial charge in [0.15, 0.2) is 0 Å². The summed E-state index contributed by atoms with van der Waals surface area (Å²) in [5, 5.41) is 12.3. The second-order valence-corrected chi connectivity index (χ2v) is 7.92. The standard InChI is InChI=1S/C15H19N3O2S/c1-18(14-8-12-4-5-13(9-14)17-12)21(19,20)15-6-2-11(10-16)3-7-15/h2-3,6-7,12-14,17H,4-5,8-9H2,1H3. The van der Waals surface area contributed by atoms with E-state index in [9.17, 15) is 8.42 Å². The van der Waals surface area contributed by atoms with E-state index in [1.54, 1.807) is 19.2 Å². The molecule has 21 heavy (non-hydrogen) atoms. The molecule has 5 nitrogen and oxygen atoms in total. The van der Waals surface area contributed by atoms with Gasteiger partial charge in [0.05, 0.1) is 16.5 Å². The minimum absolute atomic E-state index is 0.0596. The predicted molar refractivity (Wildman–Crippen MR) is 79.1 cm³/mol. The van der Waals surface area contributed by atoms with E-state index >= 15 is 0 Å². The molecule has 0 radical (unpaired) electrons. The normalized spacial score (nSPS) is 28.5. The lowest BCUT2D eigenvalue weighted by Gasteiger charge is -2.34. The van der Waals surface area contributed by atoms with Crippen LogP contribution in [0.3, 0.4) is 0 Å².